The molecule has 3 aromatic heterocycles. The first kappa shape index (κ1) is 25.3. The number of methoxy groups -OCH3 is 1. The molecule has 0 bridgehead atoms. The second kappa shape index (κ2) is 10.6. The van der Waals surface area contributed by atoms with Crippen molar-refractivity contribution in [2.75, 3.05) is 13.7 Å². The van der Waals surface area contributed by atoms with E-state index in [9.17, 15) is 4.79 Å². The van der Waals surface area contributed by atoms with E-state index in [1.54, 1.807) is 13.2 Å². The first-order valence-electron chi connectivity index (χ1n) is 12.6. The van der Waals surface area contributed by atoms with E-state index in [4.69, 9.17) is 14.6 Å². The van der Waals surface area contributed by atoms with Crippen LogP contribution >= 0.6 is 11.3 Å². The lowest BCUT2D eigenvalue weighted by Crippen LogP contribution is -2.23. The van der Waals surface area contributed by atoms with Gasteiger partial charge < -0.3 is 9.47 Å². The molecular formula is C31H25N5O3S. The zero-order chi connectivity index (χ0) is 27.6. The highest BCUT2D eigenvalue weighted by Gasteiger charge is 2.16. The van der Waals surface area contributed by atoms with Gasteiger partial charge in [0.25, 0.3) is 5.56 Å². The fourth-order valence-corrected chi connectivity index (χ4v) is 5.30. The number of nitrogens with zero attached hydrogens (tertiary/aromatic N) is 5. The summed E-state index contributed by atoms with van der Waals surface area (Å²) >= 11 is 1.30. The van der Waals surface area contributed by atoms with Crippen LogP contribution in [-0.4, -0.2) is 38.1 Å². The molecule has 0 aliphatic heterocycles. The number of aromatic nitrogens is 5. The molecule has 3 heterocycles. The number of para-hydroxylation sites is 1. The Kier molecular flexibility index (Phi) is 6.71. The largest absolute Gasteiger partial charge is 0.497 e. The smallest absolute Gasteiger partial charge is 0.291 e. The summed E-state index contributed by atoms with van der Waals surface area (Å²) < 4.78 is 14.6. The monoisotopic (exact) mass is 547 g/mol. The van der Waals surface area contributed by atoms with Crippen molar-refractivity contribution in [2.24, 2.45) is 0 Å². The maximum Gasteiger partial charge on any atom is 0.291 e. The number of hydrogen-bond acceptors (Lipinski definition) is 7. The molecule has 0 aliphatic carbocycles. The standard InChI is InChI=1S/C31H25N5O3S/c1-4-16-39-25-14-15-26(20(2)17-25)28-22(19-35(33-28)23-8-6-5-7-9-23)18-27-30(37)36-31(40-27)32-29(34-36)21-10-12-24(38-3)13-11-21/h4-15,17-19H,1,16H2,2-3H3. The quantitative estimate of drug-likeness (QED) is 0.247. The van der Waals surface area contributed by atoms with Crippen molar-refractivity contribution in [3.63, 3.8) is 0 Å². The van der Waals surface area contributed by atoms with Crippen molar-refractivity contribution in [2.45, 2.75) is 6.92 Å². The second-order valence-electron chi connectivity index (χ2n) is 9.06. The van der Waals surface area contributed by atoms with Gasteiger partial charge in [0.15, 0.2) is 5.82 Å². The number of aryl methyl sites for hydroxylation is 1. The molecule has 0 N–H and O–H groups in total. The van der Waals surface area contributed by atoms with E-state index in [0.29, 0.717) is 21.9 Å². The van der Waals surface area contributed by atoms with Gasteiger partial charge in [-0.05, 0) is 73.2 Å². The van der Waals surface area contributed by atoms with Crippen LogP contribution in [0.15, 0.2) is 96.4 Å². The van der Waals surface area contributed by atoms with Crippen LogP contribution in [0.1, 0.15) is 11.1 Å². The van der Waals surface area contributed by atoms with E-state index < -0.39 is 0 Å². The molecule has 0 saturated heterocycles. The molecule has 8 nitrogen and oxygen atoms in total. The number of thiazole rings is 1. The summed E-state index contributed by atoms with van der Waals surface area (Å²) in [6.07, 6.45) is 5.51. The van der Waals surface area contributed by atoms with Gasteiger partial charge in [-0.3, -0.25) is 4.79 Å². The SMILES string of the molecule is C=CCOc1ccc(-c2nn(-c3ccccc3)cc2C=c2sc3nc(-c4ccc(OC)cc4)nn3c2=O)c(C)c1. The van der Waals surface area contributed by atoms with Crippen molar-refractivity contribution < 1.29 is 9.47 Å². The van der Waals surface area contributed by atoms with Gasteiger partial charge in [-0.2, -0.15) is 14.6 Å². The molecule has 3 aromatic carbocycles. The number of rotatable bonds is 8. The van der Waals surface area contributed by atoms with Crippen molar-refractivity contribution in [1.29, 1.82) is 0 Å². The molecule has 0 atom stereocenters. The van der Waals surface area contributed by atoms with E-state index in [1.807, 2.05) is 96.7 Å². The Morgan fingerprint density at radius 1 is 1.00 bits per heavy atom. The lowest BCUT2D eigenvalue weighted by Gasteiger charge is -2.08. The highest BCUT2D eigenvalue weighted by Crippen LogP contribution is 2.30. The van der Waals surface area contributed by atoms with Crippen LogP contribution in [0, 0.1) is 6.92 Å². The number of ether oxygens (including phenoxy) is 2. The maximum atomic E-state index is 13.4. The third kappa shape index (κ3) is 4.78. The molecule has 6 rings (SSSR count). The molecule has 0 fully saturated rings. The topological polar surface area (TPSA) is 83.5 Å². The van der Waals surface area contributed by atoms with Gasteiger partial charge in [0, 0.05) is 22.9 Å². The Morgan fingerprint density at radius 3 is 2.48 bits per heavy atom. The summed E-state index contributed by atoms with van der Waals surface area (Å²) in [4.78, 5) is 18.5. The van der Waals surface area contributed by atoms with E-state index >= 15 is 0 Å². The average molecular weight is 548 g/mol. The zero-order valence-corrected chi connectivity index (χ0v) is 22.8. The first-order chi connectivity index (χ1) is 19.5. The molecule has 9 heteroatoms. The van der Waals surface area contributed by atoms with Gasteiger partial charge in [0.2, 0.25) is 4.96 Å². The summed E-state index contributed by atoms with van der Waals surface area (Å²) in [5.41, 5.74) is 5.02. The second-order valence-corrected chi connectivity index (χ2v) is 10.1. The summed E-state index contributed by atoms with van der Waals surface area (Å²) in [5, 5.41) is 9.40. The highest BCUT2D eigenvalue weighted by molar-refractivity contribution is 7.15. The number of benzene rings is 3. The highest BCUT2D eigenvalue weighted by atomic mass is 32.1. The zero-order valence-electron chi connectivity index (χ0n) is 21.9. The summed E-state index contributed by atoms with van der Waals surface area (Å²) in [6, 6.07) is 23.2. The Hall–Kier alpha value is -5.02. The molecule has 6 aromatic rings. The van der Waals surface area contributed by atoms with Gasteiger partial charge >= 0.3 is 0 Å². The summed E-state index contributed by atoms with van der Waals surface area (Å²) in [7, 11) is 1.62. The van der Waals surface area contributed by atoms with Crippen LogP contribution in [-0.2, 0) is 0 Å². The predicted octanol–water partition coefficient (Wildman–Crippen LogP) is 5.10. The van der Waals surface area contributed by atoms with Crippen molar-refractivity contribution in [3.8, 4) is 39.8 Å². The summed E-state index contributed by atoms with van der Waals surface area (Å²) in [6.45, 7) is 6.16. The van der Waals surface area contributed by atoms with Gasteiger partial charge in [-0.15, -0.1) is 5.10 Å². The van der Waals surface area contributed by atoms with Gasteiger partial charge in [0.05, 0.1) is 17.3 Å². The van der Waals surface area contributed by atoms with Crippen LogP contribution in [0.2, 0.25) is 0 Å². The molecule has 40 heavy (non-hydrogen) atoms. The molecule has 198 valence electrons. The molecular weight excluding hydrogens is 522 g/mol. The fraction of sp³-hybridized carbons (Fsp3) is 0.0968. The van der Waals surface area contributed by atoms with E-state index in [1.165, 1.54) is 15.9 Å². The maximum absolute atomic E-state index is 13.4. The lowest BCUT2D eigenvalue weighted by atomic mass is 10.0. The minimum absolute atomic E-state index is 0.226. The van der Waals surface area contributed by atoms with Gasteiger partial charge in [0.1, 0.15) is 23.8 Å². The molecule has 0 saturated carbocycles. The number of fused-ring (bicyclic) bond motifs is 1. The van der Waals surface area contributed by atoms with Gasteiger partial charge in [-0.25, -0.2) is 4.68 Å². The molecule has 0 radical (unpaired) electrons. The predicted molar refractivity (Wildman–Crippen MR) is 157 cm³/mol. The van der Waals surface area contributed by atoms with Crippen LogP contribution < -0.4 is 19.6 Å². The number of hydrogen-bond donors (Lipinski definition) is 0. The third-order valence-corrected chi connectivity index (χ3v) is 7.36. The Morgan fingerprint density at radius 2 is 1.77 bits per heavy atom. The van der Waals surface area contributed by atoms with Crippen LogP contribution in [0.3, 0.4) is 0 Å². The average Bonchev–Trinajstić information content (AvgIpc) is 3.67. The Balaban J connectivity index is 1.44. The fourth-order valence-electron chi connectivity index (χ4n) is 4.40. The Labute approximate surface area is 234 Å². The molecule has 0 aliphatic rings. The van der Waals surface area contributed by atoms with Crippen LogP contribution in [0.25, 0.3) is 39.4 Å². The lowest BCUT2D eigenvalue weighted by molar-refractivity contribution is 0.363. The van der Waals surface area contributed by atoms with E-state index in [-0.39, 0.29) is 5.56 Å². The first-order valence-corrected chi connectivity index (χ1v) is 13.4. The minimum Gasteiger partial charge on any atom is -0.497 e. The van der Waals surface area contributed by atoms with E-state index in [0.717, 1.165) is 45.1 Å². The Bertz CT molecular complexity index is 1940. The summed E-state index contributed by atoms with van der Waals surface area (Å²) in [5.74, 6) is 1.99. The normalized spacial score (nSPS) is 11.7. The molecule has 0 spiro atoms. The molecule has 0 amide bonds. The molecule has 0 unspecified atom stereocenters. The van der Waals surface area contributed by atoms with Crippen molar-refractivity contribution in [1.82, 2.24) is 24.4 Å². The van der Waals surface area contributed by atoms with Crippen LogP contribution in [0.5, 0.6) is 11.5 Å². The minimum atomic E-state index is -0.226. The third-order valence-electron chi connectivity index (χ3n) is 6.40. The van der Waals surface area contributed by atoms with Gasteiger partial charge in [-0.1, -0.05) is 42.2 Å². The van der Waals surface area contributed by atoms with E-state index in [2.05, 4.69) is 16.7 Å². The van der Waals surface area contributed by atoms with Crippen LogP contribution in [0.4, 0.5) is 0 Å². The van der Waals surface area contributed by atoms with Crippen molar-refractivity contribution >= 4 is 22.4 Å². The van der Waals surface area contributed by atoms with Crippen molar-refractivity contribution in [3.05, 3.63) is 118 Å².